The summed E-state index contributed by atoms with van der Waals surface area (Å²) in [6, 6.07) is 7.71. The van der Waals surface area contributed by atoms with E-state index in [0.29, 0.717) is 23.9 Å². The van der Waals surface area contributed by atoms with Gasteiger partial charge >= 0.3 is 0 Å². The minimum absolute atomic E-state index is 0.548. The number of benzene rings is 1. The van der Waals surface area contributed by atoms with Crippen LogP contribution in [0.2, 0.25) is 5.02 Å². The Kier molecular flexibility index (Phi) is 4.61. The SMILES string of the molecule is CNCc1ccc(OCCn2cccn2)c(Cl)c1. The van der Waals surface area contributed by atoms with E-state index in [2.05, 4.69) is 10.4 Å². The van der Waals surface area contributed by atoms with E-state index in [1.807, 2.05) is 42.2 Å². The molecule has 18 heavy (non-hydrogen) atoms. The van der Waals surface area contributed by atoms with Gasteiger partial charge in [0, 0.05) is 18.9 Å². The average molecular weight is 266 g/mol. The standard InChI is InChI=1S/C13H16ClN3O/c1-15-10-11-3-4-13(12(14)9-11)18-8-7-17-6-2-5-16-17/h2-6,9,15H,7-8,10H2,1H3. The molecule has 1 aromatic carbocycles. The molecule has 1 aromatic heterocycles. The molecule has 0 aliphatic rings. The maximum absolute atomic E-state index is 6.15. The van der Waals surface area contributed by atoms with Crippen LogP contribution < -0.4 is 10.1 Å². The molecule has 0 aliphatic heterocycles. The zero-order chi connectivity index (χ0) is 12.8. The van der Waals surface area contributed by atoms with Crippen molar-refractivity contribution in [1.82, 2.24) is 15.1 Å². The van der Waals surface area contributed by atoms with E-state index in [0.717, 1.165) is 12.1 Å². The highest BCUT2D eigenvalue weighted by molar-refractivity contribution is 6.32. The first-order valence-corrected chi connectivity index (χ1v) is 6.20. The molecule has 1 heterocycles. The van der Waals surface area contributed by atoms with E-state index in [1.54, 1.807) is 6.20 Å². The molecule has 0 saturated carbocycles. The molecule has 2 rings (SSSR count). The summed E-state index contributed by atoms with van der Waals surface area (Å²) in [5, 5.41) is 7.83. The van der Waals surface area contributed by atoms with Crippen LogP contribution in [0.1, 0.15) is 5.56 Å². The van der Waals surface area contributed by atoms with Gasteiger partial charge in [-0.05, 0) is 30.8 Å². The number of hydrogen-bond donors (Lipinski definition) is 1. The Bertz CT molecular complexity index is 485. The zero-order valence-corrected chi connectivity index (χ0v) is 11.0. The normalized spacial score (nSPS) is 10.6. The molecule has 0 amide bonds. The molecule has 0 atom stereocenters. The number of ether oxygens (including phenoxy) is 1. The van der Waals surface area contributed by atoms with Crippen molar-refractivity contribution in [3.63, 3.8) is 0 Å². The number of halogens is 1. The topological polar surface area (TPSA) is 39.1 Å². The van der Waals surface area contributed by atoms with Gasteiger partial charge in [-0.15, -0.1) is 0 Å². The van der Waals surface area contributed by atoms with Gasteiger partial charge in [0.2, 0.25) is 0 Å². The summed E-state index contributed by atoms with van der Waals surface area (Å²) >= 11 is 6.15. The van der Waals surface area contributed by atoms with Gasteiger partial charge in [0.15, 0.2) is 0 Å². The third-order valence-electron chi connectivity index (χ3n) is 2.51. The molecule has 0 bridgehead atoms. The largest absolute Gasteiger partial charge is 0.490 e. The summed E-state index contributed by atoms with van der Waals surface area (Å²) < 4.78 is 7.45. The van der Waals surface area contributed by atoms with Crippen molar-refractivity contribution < 1.29 is 4.74 Å². The first kappa shape index (κ1) is 12.9. The quantitative estimate of drug-likeness (QED) is 0.871. The summed E-state index contributed by atoms with van der Waals surface area (Å²) in [6.45, 7) is 2.06. The second-order valence-corrected chi connectivity index (χ2v) is 4.32. The molecule has 5 heteroatoms. The molecule has 0 unspecified atom stereocenters. The van der Waals surface area contributed by atoms with Crippen LogP contribution in [0, 0.1) is 0 Å². The lowest BCUT2D eigenvalue weighted by Gasteiger charge is -2.09. The van der Waals surface area contributed by atoms with Crippen molar-refractivity contribution >= 4 is 11.6 Å². The van der Waals surface area contributed by atoms with Crippen molar-refractivity contribution in [2.75, 3.05) is 13.7 Å². The van der Waals surface area contributed by atoms with Gasteiger partial charge in [-0.2, -0.15) is 5.10 Å². The highest BCUT2D eigenvalue weighted by atomic mass is 35.5. The Balaban J connectivity index is 1.89. The molecule has 0 radical (unpaired) electrons. The van der Waals surface area contributed by atoms with Crippen LogP contribution >= 0.6 is 11.6 Å². The Labute approximate surface area is 112 Å². The van der Waals surface area contributed by atoms with E-state index in [-0.39, 0.29) is 0 Å². The molecular formula is C13H16ClN3O. The van der Waals surface area contributed by atoms with E-state index < -0.39 is 0 Å². The second kappa shape index (κ2) is 6.42. The van der Waals surface area contributed by atoms with Gasteiger partial charge < -0.3 is 10.1 Å². The van der Waals surface area contributed by atoms with Crippen molar-refractivity contribution in [2.24, 2.45) is 0 Å². The summed E-state index contributed by atoms with van der Waals surface area (Å²) in [4.78, 5) is 0. The number of aromatic nitrogens is 2. The average Bonchev–Trinajstić information content (AvgIpc) is 2.85. The summed E-state index contributed by atoms with van der Waals surface area (Å²) in [5.74, 6) is 0.712. The van der Waals surface area contributed by atoms with Crippen LogP contribution in [0.4, 0.5) is 0 Å². The number of nitrogens with one attached hydrogen (secondary N) is 1. The smallest absolute Gasteiger partial charge is 0.138 e. The highest BCUT2D eigenvalue weighted by Gasteiger charge is 2.03. The predicted octanol–water partition coefficient (Wildman–Crippen LogP) is 2.33. The lowest BCUT2D eigenvalue weighted by atomic mass is 10.2. The zero-order valence-electron chi connectivity index (χ0n) is 10.3. The van der Waals surface area contributed by atoms with Crippen molar-refractivity contribution in [2.45, 2.75) is 13.1 Å². The van der Waals surface area contributed by atoms with Crippen LogP contribution in [0.3, 0.4) is 0 Å². The van der Waals surface area contributed by atoms with Crippen LogP contribution in [0.15, 0.2) is 36.7 Å². The molecule has 96 valence electrons. The maximum Gasteiger partial charge on any atom is 0.138 e. The lowest BCUT2D eigenvalue weighted by molar-refractivity contribution is 0.291. The summed E-state index contributed by atoms with van der Waals surface area (Å²) in [7, 11) is 1.91. The summed E-state index contributed by atoms with van der Waals surface area (Å²) in [5.41, 5.74) is 1.14. The van der Waals surface area contributed by atoms with E-state index in [1.165, 1.54) is 0 Å². The maximum atomic E-state index is 6.15. The molecule has 2 aromatic rings. The van der Waals surface area contributed by atoms with Gasteiger partial charge in [0.1, 0.15) is 12.4 Å². The fourth-order valence-corrected chi connectivity index (χ4v) is 1.92. The Hall–Kier alpha value is -1.52. The van der Waals surface area contributed by atoms with E-state index in [4.69, 9.17) is 16.3 Å². The summed E-state index contributed by atoms with van der Waals surface area (Å²) in [6.07, 6.45) is 3.65. The van der Waals surface area contributed by atoms with Crippen molar-refractivity contribution in [3.8, 4) is 5.75 Å². The van der Waals surface area contributed by atoms with Crippen LogP contribution in [-0.4, -0.2) is 23.4 Å². The Morgan fingerprint density at radius 3 is 3.00 bits per heavy atom. The molecule has 4 nitrogen and oxygen atoms in total. The lowest BCUT2D eigenvalue weighted by Crippen LogP contribution is -2.09. The number of nitrogens with zero attached hydrogens (tertiary/aromatic N) is 2. The van der Waals surface area contributed by atoms with Gasteiger partial charge in [0.25, 0.3) is 0 Å². The second-order valence-electron chi connectivity index (χ2n) is 3.91. The van der Waals surface area contributed by atoms with Crippen molar-refractivity contribution in [3.05, 3.63) is 47.2 Å². The third-order valence-corrected chi connectivity index (χ3v) is 2.81. The molecule has 0 aliphatic carbocycles. The molecular weight excluding hydrogens is 250 g/mol. The fourth-order valence-electron chi connectivity index (χ4n) is 1.66. The molecule has 1 N–H and O–H groups in total. The van der Waals surface area contributed by atoms with Crippen LogP contribution in [-0.2, 0) is 13.1 Å². The Morgan fingerprint density at radius 1 is 1.44 bits per heavy atom. The van der Waals surface area contributed by atoms with Crippen LogP contribution in [0.5, 0.6) is 5.75 Å². The first-order chi connectivity index (χ1) is 8.79. The van der Waals surface area contributed by atoms with E-state index in [9.17, 15) is 0 Å². The third kappa shape index (κ3) is 3.48. The number of rotatable bonds is 6. The molecule has 0 saturated heterocycles. The van der Waals surface area contributed by atoms with Gasteiger partial charge in [-0.3, -0.25) is 4.68 Å². The minimum Gasteiger partial charge on any atom is -0.490 e. The van der Waals surface area contributed by atoms with Gasteiger partial charge in [-0.25, -0.2) is 0 Å². The molecule has 0 spiro atoms. The minimum atomic E-state index is 0.548. The molecule has 0 fully saturated rings. The van der Waals surface area contributed by atoms with Crippen LogP contribution in [0.25, 0.3) is 0 Å². The first-order valence-electron chi connectivity index (χ1n) is 5.83. The van der Waals surface area contributed by atoms with Crippen molar-refractivity contribution in [1.29, 1.82) is 0 Å². The fraction of sp³-hybridized carbons (Fsp3) is 0.308. The Morgan fingerprint density at radius 2 is 2.33 bits per heavy atom. The van der Waals surface area contributed by atoms with Gasteiger partial charge in [-0.1, -0.05) is 17.7 Å². The monoisotopic (exact) mass is 265 g/mol. The predicted molar refractivity (Wildman–Crippen MR) is 71.9 cm³/mol. The highest BCUT2D eigenvalue weighted by Crippen LogP contribution is 2.25. The number of hydrogen-bond acceptors (Lipinski definition) is 3. The van der Waals surface area contributed by atoms with E-state index >= 15 is 0 Å². The van der Waals surface area contributed by atoms with Gasteiger partial charge in [0.05, 0.1) is 11.6 Å².